The summed E-state index contributed by atoms with van der Waals surface area (Å²) in [4.78, 5) is 9.52. The Morgan fingerprint density at radius 1 is 1.27 bits per heavy atom. The van der Waals surface area contributed by atoms with Crippen LogP contribution >= 0.6 is 31.9 Å². The normalized spacial score (nSPS) is 11.5. The topological polar surface area (TPSA) is 43.1 Å². The van der Waals surface area contributed by atoms with Gasteiger partial charge in [0.2, 0.25) is 0 Å². The minimum Gasteiger partial charge on any atom is -0.258 e. The number of halogens is 5. The van der Waals surface area contributed by atoms with Crippen molar-refractivity contribution < 1.29 is 18.1 Å². The molecule has 0 N–H and O–H groups in total. The lowest BCUT2D eigenvalue weighted by molar-refractivity contribution is -0.386. The monoisotopic (exact) mass is 347 g/mol. The summed E-state index contributed by atoms with van der Waals surface area (Å²) >= 11 is 5.27. The van der Waals surface area contributed by atoms with Gasteiger partial charge in [0.15, 0.2) is 0 Å². The van der Waals surface area contributed by atoms with E-state index in [1.165, 1.54) is 0 Å². The molecular weight excluding hydrogens is 347 g/mol. The third-order valence-corrected chi connectivity index (χ3v) is 3.01. The molecule has 0 fully saturated rings. The Morgan fingerprint density at radius 3 is 2.20 bits per heavy atom. The van der Waals surface area contributed by atoms with Crippen LogP contribution in [0, 0.1) is 10.1 Å². The molecule has 0 bridgehead atoms. The number of nitro groups is 1. The van der Waals surface area contributed by atoms with Crippen molar-refractivity contribution in [1.29, 1.82) is 0 Å². The predicted octanol–water partition coefficient (Wildman–Crippen LogP) is 4.14. The highest BCUT2D eigenvalue weighted by Crippen LogP contribution is 2.43. The van der Waals surface area contributed by atoms with Crippen LogP contribution in [0.1, 0.15) is 5.56 Å². The Hall–Kier alpha value is -0.630. The van der Waals surface area contributed by atoms with E-state index in [0.717, 1.165) is 12.1 Å². The maximum absolute atomic E-state index is 12.5. The maximum atomic E-state index is 12.5. The van der Waals surface area contributed by atoms with Gasteiger partial charge in [-0.2, -0.15) is 13.2 Å². The van der Waals surface area contributed by atoms with Crippen molar-refractivity contribution in [2.75, 3.05) is 0 Å². The first-order valence-electron chi connectivity index (χ1n) is 3.44. The van der Waals surface area contributed by atoms with E-state index in [4.69, 9.17) is 0 Å². The molecular formula is C7H2Br2F3NO2. The van der Waals surface area contributed by atoms with Crippen LogP contribution in [0.3, 0.4) is 0 Å². The zero-order valence-electron chi connectivity index (χ0n) is 6.81. The van der Waals surface area contributed by atoms with Crippen molar-refractivity contribution in [2.24, 2.45) is 0 Å². The zero-order valence-corrected chi connectivity index (χ0v) is 9.98. The number of rotatable bonds is 1. The standard InChI is InChI=1S/C7H2Br2F3NO2/c8-3-1-2-4(13(14)15)6(9)5(3)7(10,11)12/h1-2H. The van der Waals surface area contributed by atoms with Crippen LogP contribution in [0.4, 0.5) is 18.9 Å². The minimum absolute atomic E-state index is 0.243. The number of alkyl halides is 3. The molecule has 0 aliphatic carbocycles. The molecule has 1 aromatic carbocycles. The summed E-state index contributed by atoms with van der Waals surface area (Å²) in [5, 5.41) is 10.4. The van der Waals surface area contributed by atoms with Gasteiger partial charge >= 0.3 is 6.18 Å². The van der Waals surface area contributed by atoms with Gasteiger partial charge in [-0.25, -0.2) is 0 Å². The third-order valence-electron chi connectivity index (χ3n) is 1.55. The second-order valence-corrected chi connectivity index (χ2v) is 4.16. The second kappa shape index (κ2) is 4.09. The molecule has 8 heteroatoms. The molecule has 0 radical (unpaired) electrons. The number of benzene rings is 1. The van der Waals surface area contributed by atoms with E-state index in [0.29, 0.717) is 0 Å². The Morgan fingerprint density at radius 2 is 1.80 bits per heavy atom. The Balaban J connectivity index is 3.51. The number of hydrogen-bond acceptors (Lipinski definition) is 2. The molecule has 15 heavy (non-hydrogen) atoms. The summed E-state index contributed by atoms with van der Waals surface area (Å²) in [5.74, 6) is 0. The van der Waals surface area contributed by atoms with Crippen LogP contribution in [0.25, 0.3) is 0 Å². The van der Waals surface area contributed by atoms with Crippen molar-refractivity contribution in [3.8, 4) is 0 Å². The van der Waals surface area contributed by atoms with Crippen LogP contribution in [0.5, 0.6) is 0 Å². The summed E-state index contributed by atoms with van der Waals surface area (Å²) in [6.45, 7) is 0. The second-order valence-electron chi connectivity index (χ2n) is 2.51. The molecule has 0 saturated carbocycles. The molecule has 0 spiro atoms. The fraction of sp³-hybridized carbons (Fsp3) is 0.143. The number of nitrogens with zero attached hydrogens (tertiary/aromatic N) is 1. The van der Waals surface area contributed by atoms with Crippen molar-refractivity contribution in [2.45, 2.75) is 6.18 Å². The fourth-order valence-electron chi connectivity index (χ4n) is 0.942. The first-order valence-corrected chi connectivity index (χ1v) is 5.03. The first-order chi connectivity index (χ1) is 6.75. The summed E-state index contributed by atoms with van der Waals surface area (Å²) < 4.78 is 36.6. The smallest absolute Gasteiger partial charge is 0.258 e. The minimum atomic E-state index is -4.65. The van der Waals surface area contributed by atoms with Gasteiger partial charge in [0.25, 0.3) is 5.69 Å². The lowest BCUT2D eigenvalue weighted by atomic mass is 10.2. The highest BCUT2D eigenvalue weighted by molar-refractivity contribution is 9.11. The van der Waals surface area contributed by atoms with Gasteiger partial charge in [0, 0.05) is 10.5 Å². The average Bonchev–Trinajstić information content (AvgIpc) is 2.00. The summed E-state index contributed by atoms with van der Waals surface area (Å²) in [5.41, 5.74) is -1.71. The molecule has 82 valence electrons. The van der Waals surface area contributed by atoms with Crippen molar-refractivity contribution in [3.05, 3.63) is 36.8 Å². The van der Waals surface area contributed by atoms with E-state index in [-0.39, 0.29) is 4.47 Å². The van der Waals surface area contributed by atoms with Gasteiger partial charge in [-0.15, -0.1) is 0 Å². The summed E-state index contributed by atoms with van der Waals surface area (Å²) in [6.07, 6.45) is -4.65. The number of nitro benzene ring substituents is 1. The van der Waals surface area contributed by atoms with Crippen LogP contribution in [0.15, 0.2) is 21.1 Å². The van der Waals surface area contributed by atoms with Gasteiger partial charge in [-0.1, -0.05) is 15.9 Å². The molecule has 0 atom stereocenters. The van der Waals surface area contributed by atoms with Crippen LogP contribution in [-0.2, 0) is 6.18 Å². The van der Waals surface area contributed by atoms with E-state index >= 15 is 0 Å². The Kier molecular flexibility index (Phi) is 3.39. The van der Waals surface area contributed by atoms with Crippen molar-refractivity contribution in [1.82, 2.24) is 0 Å². The molecule has 0 heterocycles. The van der Waals surface area contributed by atoms with E-state index in [9.17, 15) is 23.3 Å². The van der Waals surface area contributed by atoms with Gasteiger partial charge < -0.3 is 0 Å². The zero-order chi connectivity index (χ0) is 11.8. The van der Waals surface area contributed by atoms with Crippen LogP contribution in [0.2, 0.25) is 0 Å². The molecule has 3 nitrogen and oxygen atoms in total. The lowest BCUT2D eigenvalue weighted by Crippen LogP contribution is -2.08. The van der Waals surface area contributed by atoms with E-state index < -0.39 is 26.8 Å². The fourth-order valence-corrected chi connectivity index (χ4v) is 2.48. The van der Waals surface area contributed by atoms with E-state index in [1.54, 1.807) is 0 Å². The number of hydrogen-bond donors (Lipinski definition) is 0. The molecule has 1 rings (SSSR count). The molecule has 0 unspecified atom stereocenters. The van der Waals surface area contributed by atoms with Crippen molar-refractivity contribution >= 4 is 37.5 Å². The third kappa shape index (κ3) is 2.49. The molecule has 0 aliphatic rings. The highest BCUT2D eigenvalue weighted by Gasteiger charge is 2.38. The first kappa shape index (κ1) is 12.4. The Bertz CT molecular complexity index is 419. The Labute approximate surface area is 98.7 Å². The van der Waals surface area contributed by atoms with Gasteiger partial charge in [-0.05, 0) is 22.0 Å². The maximum Gasteiger partial charge on any atom is 0.418 e. The van der Waals surface area contributed by atoms with E-state index in [1.807, 2.05) is 0 Å². The van der Waals surface area contributed by atoms with Crippen LogP contribution in [-0.4, -0.2) is 4.92 Å². The quantitative estimate of drug-likeness (QED) is 0.565. The molecule has 1 aromatic rings. The van der Waals surface area contributed by atoms with Gasteiger partial charge in [-0.3, -0.25) is 10.1 Å². The van der Waals surface area contributed by atoms with Gasteiger partial charge in [0.05, 0.1) is 10.5 Å². The predicted molar refractivity (Wildman–Crippen MR) is 53.5 cm³/mol. The average molecular weight is 349 g/mol. The molecule has 0 amide bonds. The van der Waals surface area contributed by atoms with Crippen molar-refractivity contribution in [3.63, 3.8) is 0 Å². The molecule has 0 aliphatic heterocycles. The largest absolute Gasteiger partial charge is 0.418 e. The van der Waals surface area contributed by atoms with Crippen LogP contribution < -0.4 is 0 Å². The summed E-state index contributed by atoms with van der Waals surface area (Å²) in [7, 11) is 0. The SMILES string of the molecule is O=[N+]([O-])c1ccc(Br)c(C(F)(F)F)c1Br. The summed E-state index contributed by atoms with van der Waals surface area (Å²) in [6, 6.07) is 1.98. The molecule has 0 aromatic heterocycles. The van der Waals surface area contributed by atoms with E-state index in [2.05, 4.69) is 31.9 Å². The highest BCUT2D eigenvalue weighted by atomic mass is 79.9. The van der Waals surface area contributed by atoms with Gasteiger partial charge in [0.1, 0.15) is 4.47 Å². The lowest BCUT2D eigenvalue weighted by Gasteiger charge is -2.10. The molecule has 0 saturated heterocycles.